The maximum Gasteiger partial charge on any atom is 0.259 e. The smallest absolute Gasteiger partial charge is 0.259 e. The molecule has 1 aliphatic heterocycles. The van der Waals surface area contributed by atoms with Gasteiger partial charge in [0.05, 0.1) is 19.2 Å². The molecule has 2 aliphatic rings. The fourth-order valence-corrected chi connectivity index (χ4v) is 4.07. The van der Waals surface area contributed by atoms with E-state index in [-0.39, 0.29) is 42.4 Å². The minimum Gasteiger partial charge on any atom is -0.472 e. The number of fused-ring (bicyclic) bond motifs is 1. The van der Waals surface area contributed by atoms with Crippen molar-refractivity contribution in [3.63, 3.8) is 0 Å². The summed E-state index contributed by atoms with van der Waals surface area (Å²) in [5.41, 5.74) is 1.63. The van der Waals surface area contributed by atoms with Gasteiger partial charge in [-0.05, 0) is 43.9 Å². The molecule has 0 aromatic carbocycles. The zero-order valence-corrected chi connectivity index (χ0v) is 20.5. The van der Waals surface area contributed by atoms with Crippen molar-refractivity contribution in [1.29, 1.82) is 0 Å². The number of rotatable bonds is 6. The van der Waals surface area contributed by atoms with Crippen molar-refractivity contribution in [2.24, 2.45) is 11.8 Å². The van der Waals surface area contributed by atoms with Crippen molar-refractivity contribution in [3.8, 4) is 17.7 Å². The largest absolute Gasteiger partial charge is 0.472 e. The lowest BCUT2D eigenvalue weighted by Crippen LogP contribution is -2.50. The Labute approximate surface area is 206 Å². The molecule has 184 valence electrons. The van der Waals surface area contributed by atoms with Crippen molar-refractivity contribution in [2.45, 2.75) is 45.3 Å². The van der Waals surface area contributed by atoms with E-state index >= 15 is 0 Å². The zero-order chi connectivity index (χ0) is 24.9. The summed E-state index contributed by atoms with van der Waals surface area (Å²) < 4.78 is 6.27. The molecule has 1 aliphatic carbocycles. The standard InChI is InChI=1S/C27H32N4O4/c1-18-15-31(19(2)17-32)27(34)23-11-22(9-8-21-5-4-10-28-13-21)14-29-26(23)35-24(18)16-30(3)25(33)12-20-6-7-20/h4-5,10-11,13-14,18-20,24,32H,6-7,12,15-17H2,1-3H3/t18-,19+,24+/m1/s1. The van der Waals surface area contributed by atoms with Crippen LogP contribution in [0.2, 0.25) is 0 Å². The molecule has 2 amide bonds. The van der Waals surface area contributed by atoms with Crippen LogP contribution in [0.5, 0.6) is 5.88 Å². The van der Waals surface area contributed by atoms with Crippen LogP contribution in [0.1, 0.15) is 54.6 Å². The molecule has 0 spiro atoms. The maximum atomic E-state index is 13.5. The second kappa shape index (κ2) is 10.9. The molecule has 2 aromatic heterocycles. The topological polar surface area (TPSA) is 95.9 Å². The number of amides is 2. The minimum absolute atomic E-state index is 0.0795. The Morgan fingerprint density at radius 1 is 1.31 bits per heavy atom. The van der Waals surface area contributed by atoms with Crippen LogP contribution >= 0.6 is 0 Å². The summed E-state index contributed by atoms with van der Waals surface area (Å²) in [5, 5.41) is 9.82. The van der Waals surface area contributed by atoms with Crippen LogP contribution in [0, 0.1) is 23.7 Å². The second-order valence-corrected chi connectivity index (χ2v) is 9.61. The number of aromatic nitrogens is 2. The number of aliphatic hydroxyl groups excluding tert-OH is 1. The van der Waals surface area contributed by atoms with E-state index in [9.17, 15) is 14.7 Å². The maximum absolute atomic E-state index is 13.5. The van der Waals surface area contributed by atoms with E-state index in [0.717, 1.165) is 18.4 Å². The molecule has 0 unspecified atom stereocenters. The quantitative estimate of drug-likeness (QED) is 0.643. The SMILES string of the molecule is C[C@@H]1CN([C@@H](C)CO)C(=O)c2cc(C#Cc3cccnc3)cnc2O[C@H]1CN(C)C(=O)CC1CC1. The molecule has 2 aromatic rings. The minimum atomic E-state index is -0.379. The molecule has 4 rings (SSSR count). The van der Waals surface area contributed by atoms with E-state index in [1.165, 1.54) is 0 Å². The first-order chi connectivity index (χ1) is 16.9. The van der Waals surface area contributed by atoms with Crippen LogP contribution in [0.4, 0.5) is 0 Å². The first-order valence-electron chi connectivity index (χ1n) is 12.1. The number of pyridine rings is 2. The predicted molar refractivity (Wildman–Crippen MR) is 131 cm³/mol. The van der Waals surface area contributed by atoms with Gasteiger partial charge in [-0.3, -0.25) is 14.6 Å². The van der Waals surface area contributed by atoms with E-state index in [4.69, 9.17) is 4.74 Å². The van der Waals surface area contributed by atoms with Gasteiger partial charge in [0.1, 0.15) is 11.7 Å². The van der Waals surface area contributed by atoms with Gasteiger partial charge < -0.3 is 19.6 Å². The van der Waals surface area contributed by atoms with Crippen molar-refractivity contribution in [2.75, 3.05) is 26.7 Å². The van der Waals surface area contributed by atoms with Crippen LogP contribution in [0.15, 0.2) is 36.8 Å². The summed E-state index contributed by atoms with van der Waals surface area (Å²) in [7, 11) is 1.80. The Bertz CT molecular complexity index is 1120. The zero-order valence-electron chi connectivity index (χ0n) is 20.5. The third kappa shape index (κ3) is 6.17. The third-order valence-electron chi connectivity index (χ3n) is 6.57. The summed E-state index contributed by atoms with van der Waals surface area (Å²) in [6.07, 6.45) is 7.38. The molecule has 0 radical (unpaired) electrons. The molecular formula is C27H32N4O4. The molecule has 8 heteroatoms. The van der Waals surface area contributed by atoms with Gasteiger partial charge in [0.2, 0.25) is 11.8 Å². The first kappa shape index (κ1) is 24.7. The monoisotopic (exact) mass is 476 g/mol. The average Bonchev–Trinajstić information content (AvgIpc) is 3.69. The Kier molecular flexibility index (Phi) is 7.67. The Morgan fingerprint density at radius 3 is 2.77 bits per heavy atom. The van der Waals surface area contributed by atoms with Gasteiger partial charge in [-0.25, -0.2) is 4.98 Å². The molecule has 0 bridgehead atoms. The van der Waals surface area contributed by atoms with E-state index < -0.39 is 0 Å². The molecule has 8 nitrogen and oxygen atoms in total. The number of hydrogen-bond acceptors (Lipinski definition) is 6. The average molecular weight is 477 g/mol. The van der Waals surface area contributed by atoms with E-state index in [0.29, 0.717) is 36.6 Å². The molecule has 3 heterocycles. The highest BCUT2D eigenvalue weighted by atomic mass is 16.5. The number of nitrogens with zero attached hydrogens (tertiary/aromatic N) is 4. The summed E-state index contributed by atoms with van der Waals surface area (Å²) in [6.45, 7) is 4.43. The number of hydrogen-bond donors (Lipinski definition) is 1. The second-order valence-electron chi connectivity index (χ2n) is 9.61. The van der Waals surface area contributed by atoms with Gasteiger partial charge in [-0.1, -0.05) is 18.8 Å². The lowest BCUT2D eigenvalue weighted by molar-refractivity contribution is -0.131. The van der Waals surface area contributed by atoms with Gasteiger partial charge in [0.25, 0.3) is 5.91 Å². The van der Waals surface area contributed by atoms with Crippen molar-refractivity contribution >= 4 is 11.8 Å². The Balaban J connectivity index is 1.63. The lowest BCUT2D eigenvalue weighted by atomic mass is 9.99. The summed E-state index contributed by atoms with van der Waals surface area (Å²) in [5.74, 6) is 6.56. The number of likely N-dealkylation sites (N-methyl/N-ethyl adjacent to an activating group) is 1. The molecule has 3 atom stereocenters. The van der Waals surface area contributed by atoms with Gasteiger partial charge in [-0.2, -0.15) is 0 Å². The molecule has 35 heavy (non-hydrogen) atoms. The summed E-state index contributed by atoms with van der Waals surface area (Å²) >= 11 is 0. The van der Waals surface area contributed by atoms with Crippen LogP contribution in [0.25, 0.3) is 0 Å². The fraction of sp³-hybridized carbons (Fsp3) is 0.481. The van der Waals surface area contributed by atoms with Gasteiger partial charge in [0.15, 0.2) is 0 Å². The molecule has 1 N–H and O–H groups in total. The van der Waals surface area contributed by atoms with Crippen LogP contribution in [-0.4, -0.2) is 75.6 Å². The summed E-state index contributed by atoms with van der Waals surface area (Å²) in [6, 6.07) is 4.96. The summed E-state index contributed by atoms with van der Waals surface area (Å²) in [4.78, 5) is 38.0. The molecular weight excluding hydrogens is 444 g/mol. The first-order valence-corrected chi connectivity index (χ1v) is 12.1. The highest BCUT2D eigenvalue weighted by Gasteiger charge is 2.35. The van der Waals surface area contributed by atoms with Crippen molar-refractivity contribution in [3.05, 3.63) is 53.5 Å². The molecule has 1 saturated carbocycles. The van der Waals surface area contributed by atoms with E-state index in [1.807, 2.05) is 26.0 Å². The Hall–Kier alpha value is -3.44. The van der Waals surface area contributed by atoms with E-state index in [1.54, 1.807) is 41.5 Å². The van der Waals surface area contributed by atoms with Crippen LogP contribution in [0.3, 0.4) is 0 Å². The highest BCUT2D eigenvalue weighted by Crippen LogP contribution is 2.33. The van der Waals surface area contributed by atoms with Crippen molar-refractivity contribution < 1.29 is 19.4 Å². The molecule has 1 fully saturated rings. The number of carbonyl (C=O) groups is 2. The highest BCUT2D eigenvalue weighted by molar-refractivity contribution is 5.97. The van der Waals surface area contributed by atoms with Gasteiger partial charge >= 0.3 is 0 Å². The normalized spacial score (nSPS) is 20.5. The molecule has 0 saturated heterocycles. The van der Waals surface area contributed by atoms with Crippen LogP contribution < -0.4 is 4.74 Å². The Morgan fingerprint density at radius 2 is 2.09 bits per heavy atom. The lowest BCUT2D eigenvalue weighted by Gasteiger charge is -2.37. The van der Waals surface area contributed by atoms with Gasteiger partial charge in [-0.15, -0.1) is 0 Å². The van der Waals surface area contributed by atoms with Gasteiger partial charge in [0, 0.05) is 55.6 Å². The fourth-order valence-electron chi connectivity index (χ4n) is 4.07. The predicted octanol–water partition coefficient (Wildman–Crippen LogP) is 2.36. The van der Waals surface area contributed by atoms with E-state index in [2.05, 4.69) is 21.8 Å². The number of aliphatic hydroxyl groups is 1. The van der Waals surface area contributed by atoms with Crippen molar-refractivity contribution in [1.82, 2.24) is 19.8 Å². The third-order valence-corrected chi connectivity index (χ3v) is 6.57. The van der Waals surface area contributed by atoms with Crippen LogP contribution in [-0.2, 0) is 4.79 Å². The number of carbonyl (C=O) groups excluding carboxylic acids is 2. The number of ether oxygens (including phenoxy) is 1.